The minimum atomic E-state index is -4.63. The summed E-state index contributed by atoms with van der Waals surface area (Å²) >= 11 is 0. The number of rotatable bonds is 8. The first-order valence-electron chi connectivity index (χ1n) is 9.53. The third-order valence-electron chi connectivity index (χ3n) is 4.84. The molecule has 1 aromatic carbocycles. The van der Waals surface area contributed by atoms with E-state index in [-0.39, 0.29) is 13.0 Å². The SMILES string of the molecule is NCCOCCNC(=O)Nc1ccc(NC(=O)N2CC[C@@H]3[C@H]2C(=O)N3S(=O)(=O)O)cc1. The van der Waals surface area contributed by atoms with E-state index in [4.69, 9.17) is 15.0 Å². The van der Waals surface area contributed by atoms with Crippen LogP contribution in [0.5, 0.6) is 0 Å². The molecule has 3 rings (SSSR count). The second-order valence-electron chi connectivity index (χ2n) is 6.90. The summed E-state index contributed by atoms with van der Waals surface area (Å²) in [4.78, 5) is 37.6. The van der Waals surface area contributed by atoms with Crippen LogP contribution >= 0.6 is 0 Å². The molecule has 1 aromatic rings. The smallest absolute Gasteiger partial charge is 0.362 e. The number of nitrogens with two attached hydrogens (primary N) is 1. The Morgan fingerprint density at radius 2 is 1.81 bits per heavy atom. The van der Waals surface area contributed by atoms with Crippen LogP contribution in [0.3, 0.4) is 0 Å². The van der Waals surface area contributed by atoms with Gasteiger partial charge in [-0.05, 0) is 30.7 Å². The lowest BCUT2D eigenvalue weighted by Crippen LogP contribution is -2.68. The molecule has 0 radical (unpaired) electrons. The average Bonchev–Trinajstić information content (AvgIpc) is 3.07. The summed E-state index contributed by atoms with van der Waals surface area (Å²) in [5, 5.41) is 7.88. The fourth-order valence-electron chi connectivity index (χ4n) is 3.47. The lowest BCUT2D eigenvalue weighted by atomic mass is 10.0. The number of nitrogens with zero attached hydrogens (tertiary/aromatic N) is 2. The number of hydrogen-bond acceptors (Lipinski definition) is 7. The van der Waals surface area contributed by atoms with Gasteiger partial charge in [-0.3, -0.25) is 9.35 Å². The molecule has 0 aromatic heterocycles. The zero-order valence-electron chi connectivity index (χ0n) is 16.5. The van der Waals surface area contributed by atoms with Gasteiger partial charge in [0.2, 0.25) is 0 Å². The number of benzene rings is 1. The van der Waals surface area contributed by atoms with Gasteiger partial charge in [-0.25, -0.2) is 13.9 Å². The molecule has 14 heteroatoms. The van der Waals surface area contributed by atoms with Gasteiger partial charge in [0.15, 0.2) is 0 Å². The van der Waals surface area contributed by atoms with Crippen molar-refractivity contribution in [1.29, 1.82) is 0 Å². The summed E-state index contributed by atoms with van der Waals surface area (Å²) in [6.07, 6.45) is 0.249. The highest BCUT2D eigenvalue weighted by atomic mass is 32.2. The highest BCUT2D eigenvalue weighted by molar-refractivity contribution is 7.84. The second-order valence-corrected chi connectivity index (χ2v) is 8.18. The normalized spacial score (nSPS) is 20.1. The predicted octanol–water partition coefficient (Wildman–Crippen LogP) is -0.597. The fourth-order valence-corrected chi connectivity index (χ4v) is 4.37. The number of amides is 5. The number of urea groups is 2. The van der Waals surface area contributed by atoms with Gasteiger partial charge in [0, 0.05) is 31.0 Å². The number of carbonyl (C=O) groups is 3. The van der Waals surface area contributed by atoms with E-state index in [1.165, 1.54) is 4.90 Å². The molecule has 0 bridgehead atoms. The number of likely N-dealkylation sites (tertiary alicyclic amines) is 1. The average molecular weight is 456 g/mol. The Bertz CT molecular complexity index is 939. The van der Waals surface area contributed by atoms with Crippen molar-refractivity contribution in [2.45, 2.75) is 18.5 Å². The fraction of sp³-hybridized carbons (Fsp3) is 0.471. The van der Waals surface area contributed by atoms with Gasteiger partial charge in [0.05, 0.1) is 19.3 Å². The summed E-state index contributed by atoms with van der Waals surface area (Å²) in [5.74, 6) is -0.834. The molecule has 2 aliphatic rings. The molecule has 6 N–H and O–H groups in total. The number of carbonyl (C=O) groups excluding carboxylic acids is 3. The molecular formula is C17H24N6O7S. The Kier molecular flexibility index (Phi) is 6.94. The van der Waals surface area contributed by atoms with Crippen molar-refractivity contribution in [1.82, 2.24) is 14.5 Å². The minimum Gasteiger partial charge on any atom is -0.378 e. The number of ether oxygens (including phenoxy) is 1. The monoisotopic (exact) mass is 456 g/mol. The number of β-lactam (4-membered cyclic amide) rings is 1. The molecule has 170 valence electrons. The molecule has 31 heavy (non-hydrogen) atoms. The Balaban J connectivity index is 1.48. The van der Waals surface area contributed by atoms with Crippen LogP contribution in [0.1, 0.15) is 6.42 Å². The van der Waals surface area contributed by atoms with Crippen molar-refractivity contribution in [3.63, 3.8) is 0 Å². The lowest BCUT2D eigenvalue weighted by molar-refractivity contribution is -0.143. The summed E-state index contributed by atoms with van der Waals surface area (Å²) in [6.45, 7) is 1.67. The Morgan fingerprint density at radius 3 is 2.42 bits per heavy atom. The van der Waals surface area contributed by atoms with Crippen LogP contribution in [0.25, 0.3) is 0 Å². The van der Waals surface area contributed by atoms with Gasteiger partial charge in [-0.1, -0.05) is 0 Å². The number of fused-ring (bicyclic) bond motifs is 1. The third kappa shape index (κ3) is 5.22. The molecule has 13 nitrogen and oxygen atoms in total. The summed E-state index contributed by atoms with van der Waals surface area (Å²) < 4.78 is 37.1. The molecule has 2 atom stereocenters. The molecule has 2 heterocycles. The van der Waals surface area contributed by atoms with Crippen molar-refractivity contribution in [2.75, 3.05) is 43.5 Å². The summed E-state index contributed by atoms with van der Waals surface area (Å²) in [7, 11) is -4.63. The lowest BCUT2D eigenvalue weighted by Gasteiger charge is -2.42. The maximum Gasteiger partial charge on any atom is 0.362 e. The Hall–Kier alpha value is -2.94. The number of anilines is 2. The van der Waals surface area contributed by atoms with Crippen LogP contribution in [0.2, 0.25) is 0 Å². The maximum atomic E-state index is 12.5. The summed E-state index contributed by atoms with van der Waals surface area (Å²) in [5.41, 5.74) is 6.21. The number of hydrogen-bond donors (Lipinski definition) is 5. The second kappa shape index (κ2) is 9.47. The van der Waals surface area contributed by atoms with E-state index in [0.717, 1.165) is 0 Å². The van der Waals surface area contributed by atoms with Crippen LogP contribution in [0.15, 0.2) is 24.3 Å². The zero-order valence-corrected chi connectivity index (χ0v) is 17.3. The van der Waals surface area contributed by atoms with Crippen molar-refractivity contribution < 1.29 is 32.1 Å². The zero-order chi connectivity index (χ0) is 22.6. The van der Waals surface area contributed by atoms with E-state index >= 15 is 0 Å². The highest BCUT2D eigenvalue weighted by Crippen LogP contribution is 2.35. The molecule has 5 amide bonds. The molecule has 0 aliphatic carbocycles. The van der Waals surface area contributed by atoms with Gasteiger partial charge >= 0.3 is 22.4 Å². The maximum absolute atomic E-state index is 12.5. The van der Waals surface area contributed by atoms with Crippen molar-refractivity contribution >= 4 is 39.6 Å². The van der Waals surface area contributed by atoms with E-state index in [1.807, 2.05) is 0 Å². The largest absolute Gasteiger partial charge is 0.378 e. The standard InChI is InChI=1S/C17H24N6O7S/c18-6-9-30-10-7-19-16(25)20-11-1-3-12(4-2-11)21-17(26)22-8-5-13-14(22)15(24)23(13)31(27,28)29/h1-4,13-14H,5-10,18H2,(H,21,26)(H2,19,20,25)(H,27,28,29)/t13-,14+/m1/s1. The third-order valence-corrected chi connectivity index (χ3v) is 5.78. The van der Waals surface area contributed by atoms with Crippen LogP contribution < -0.4 is 21.7 Å². The van der Waals surface area contributed by atoms with Crippen LogP contribution in [0.4, 0.5) is 21.0 Å². The predicted molar refractivity (Wildman–Crippen MR) is 110 cm³/mol. The minimum absolute atomic E-state index is 0.174. The van der Waals surface area contributed by atoms with Crippen LogP contribution in [0, 0.1) is 0 Å². The first kappa shape index (κ1) is 22.7. The van der Waals surface area contributed by atoms with Crippen molar-refractivity contribution in [2.24, 2.45) is 5.73 Å². The first-order valence-corrected chi connectivity index (χ1v) is 10.9. The summed E-state index contributed by atoms with van der Waals surface area (Å²) in [6, 6.07) is 3.66. The van der Waals surface area contributed by atoms with Crippen LogP contribution in [-0.4, -0.2) is 85.1 Å². The Labute approximate surface area is 178 Å². The van der Waals surface area contributed by atoms with E-state index in [0.29, 0.717) is 42.0 Å². The molecular weight excluding hydrogens is 432 g/mol. The Morgan fingerprint density at radius 1 is 1.16 bits per heavy atom. The van der Waals surface area contributed by atoms with Gasteiger partial charge in [-0.15, -0.1) is 0 Å². The topological polar surface area (TPSA) is 183 Å². The van der Waals surface area contributed by atoms with Crippen molar-refractivity contribution in [3.8, 4) is 0 Å². The molecule has 2 saturated heterocycles. The van der Waals surface area contributed by atoms with E-state index in [1.54, 1.807) is 24.3 Å². The van der Waals surface area contributed by atoms with Gasteiger partial charge in [0.25, 0.3) is 5.91 Å². The van der Waals surface area contributed by atoms with E-state index in [2.05, 4.69) is 16.0 Å². The van der Waals surface area contributed by atoms with Gasteiger partial charge < -0.3 is 31.3 Å². The molecule has 0 spiro atoms. The van der Waals surface area contributed by atoms with E-state index < -0.39 is 40.4 Å². The first-order chi connectivity index (χ1) is 14.7. The van der Waals surface area contributed by atoms with Gasteiger partial charge in [-0.2, -0.15) is 8.42 Å². The highest BCUT2D eigenvalue weighted by Gasteiger charge is 2.60. The van der Waals surface area contributed by atoms with Gasteiger partial charge in [0.1, 0.15) is 6.04 Å². The van der Waals surface area contributed by atoms with Crippen LogP contribution in [-0.2, 0) is 19.8 Å². The quantitative estimate of drug-likeness (QED) is 0.195. The van der Waals surface area contributed by atoms with Crippen molar-refractivity contribution in [3.05, 3.63) is 24.3 Å². The molecule has 0 saturated carbocycles. The molecule has 0 unspecified atom stereocenters. The molecule has 2 aliphatic heterocycles. The van der Waals surface area contributed by atoms with E-state index in [9.17, 15) is 22.8 Å². The molecule has 2 fully saturated rings. The number of nitrogens with one attached hydrogen (secondary N) is 3.